The second kappa shape index (κ2) is 7.96. The van der Waals surface area contributed by atoms with Crippen molar-refractivity contribution in [3.63, 3.8) is 0 Å². The van der Waals surface area contributed by atoms with Crippen LogP contribution in [0, 0.1) is 23.2 Å². The lowest BCUT2D eigenvalue weighted by molar-refractivity contribution is -0.759. The van der Waals surface area contributed by atoms with E-state index in [0.717, 1.165) is 6.42 Å². The van der Waals surface area contributed by atoms with Gasteiger partial charge >= 0.3 is 12.0 Å². The summed E-state index contributed by atoms with van der Waals surface area (Å²) in [4.78, 5) is 18.9. The molecule has 166 valence electrons. The minimum Gasteiger partial charge on any atom is -0.596 e. The van der Waals surface area contributed by atoms with Gasteiger partial charge in [0.15, 0.2) is 6.08 Å². The fourth-order valence-corrected chi connectivity index (χ4v) is 5.21. The number of ether oxygens (including phenoxy) is 2. The molecule has 1 aromatic rings. The summed E-state index contributed by atoms with van der Waals surface area (Å²) in [5, 5.41) is 18.2. The van der Waals surface area contributed by atoms with Gasteiger partial charge in [0, 0.05) is 19.2 Å². The van der Waals surface area contributed by atoms with Crippen LogP contribution >= 0.6 is 0 Å². The highest BCUT2D eigenvalue weighted by atomic mass is 16.6. The lowest BCUT2D eigenvalue weighted by Crippen LogP contribution is -2.65. The van der Waals surface area contributed by atoms with Crippen LogP contribution in [0.3, 0.4) is 0 Å². The first-order valence-electron chi connectivity index (χ1n) is 10.8. The molecule has 10 heteroatoms. The smallest absolute Gasteiger partial charge is 0.409 e. The third-order valence-electron chi connectivity index (χ3n) is 7.25. The first kappa shape index (κ1) is 20.7. The molecule has 0 radical (unpaired) electrons. The van der Waals surface area contributed by atoms with Crippen molar-refractivity contribution in [1.82, 2.24) is 10.2 Å². The molecular formula is C20H31N5O5. The Balaban J connectivity index is 1.31. The number of aliphatic imine (C=N–C) groups is 1. The molecule has 1 amide bonds. The van der Waals surface area contributed by atoms with Gasteiger partial charge in [-0.15, -0.1) is 5.01 Å². The van der Waals surface area contributed by atoms with Crippen LogP contribution in [-0.4, -0.2) is 61.2 Å². The van der Waals surface area contributed by atoms with Crippen LogP contribution in [0.5, 0.6) is 0 Å². The molecule has 3 aliphatic carbocycles. The zero-order valence-electron chi connectivity index (χ0n) is 18.1. The van der Waals surface area contributed by atoms with Gasteiger partial charge in [-0.05, 0) is 42.9 Å². The van der Waals surface area contributed by atoms with E-state index < -0.39 is 6.08 Å². The number of amides is 1. The van der Waals surface area contributed by atoms with Gasteiger partial charge in [-0.1, -0.05) is 20.8 Å². The van der Waals surface area contributed by atoms with E-state index in [0.29, 0.717) is 56.0 Å². The summed E-state index contributed by atoms with van der Waals surface area (Å²) in [6, 6.07) is 0. The van der Waals surface area contributed by atoms with E-state index in [4.69, 9.17) is 14.0 Å². The van der Waals surface area contributed by atoms with Gasteiger partial charge in [0.1, 0.15) is 0 Å². The molecule has 1 saturated heterocycles. The summed E-state index contributed by atoms with van der Waals surface area (Å²) in [6.07, 6.45) is 2.63. The summed E-state index contributed by atoms with van der Waals surface area (Å²) in [5.41, 5.74) is 0.341. The molecule has 4 unspecified atom stereocenters. The molecule has 5 rings (SSSR count). The fraction of sp³-hybridized carbons (Fsp3) is 0.800. The topological polar surface area (TPSA) is 107 Å². The average Bonchev–Trinajstić information content (AvgIpc) is 3.17. The molecule has 30 heavy (non-hydrogen) atoms. The van der Waals surface area contributed by atoms with Crippen molar-refractivity contribution in [3.05, 3.63) is 6.20 Å². The van der Waals surface area contributed by atoms with E-state index in [1.165, 1.54) is 11.2 Å². The van der Waals surface area contributed by atoms with E-state index in [-0.39, 0.29) is 18.1 Å². The summed E-state index contributed by atoms with van der Waals surface area (Å²) >= 11 is 0. The second-order valence-corrected chi connectivity index (χ2v) is 9.09. The quantitative estimate of drug-likeness (QED) is 0.402. The van der Waals surface area contributed by atoms with Crippen LogP contribution in [-0.2, 0) is 9.47 Å². The van der Waals surface area contributed by atoms with Crippen molar-refractivity contribution in [3.8, 4) is 0 Å². The monoisotopic (exact) mass is 421 g/mol. The zero-order valence-corrected chi connectivity index (χ0v) is 18.1. The van der Waals surface area contributed by atoms with E-state index >= 15 is 0 Å². The summed E-state index contributed by atoms with van der Waals surface area (Å²) in [5.74, 6) is 1.63. The highest BCUT2D eigenvalue weighted by molar-refractivity contribution is 5.67. The number of rotatable bonds is 4. The Morgan fingerprint density at radius 2 is 2.10 bits per heavy atom. The molecule has 2 heterocycles. The first-order chi connectivity index (χ1) is 14.3. The SMILES string of the molecule is CCOC(=O)N1CCN([n+]2cc(N=C([O-])OC3CC4CC(C3C)C4(C)C)on2)CC1. The number of carbonyl (C=O) groups excluding carboxylic acids is 1. The Kier molecular flexibility index (Phi) is 5.50. The van der Waals surface area contributed by atoms with Crippen LogP contribution in [0.4, 0.5) is 10.7 Å². The van der Waals surface area contributed by atoms with Crippen molar-refractivity contribution >= 4 is 18.1 Å². The average molecular weight is 421 g/mol. The molecule has 0 aromatic carbocycles. The molecule has 3 saturated carbocycles. The van der Waals surface area contributed by atoms with E-state index in [2.05, 4.69) is 31.0 Å². The molecule has 1 aromatic heterocycles. The second-order valence-electron chi connectivity index (χ2n) is 9.09. The summed E-state index contributed by atoms with van der Waals surface area (Å²) in [6.45, 7) is 11.1. The van der Waals surface area contributed by atoms with Gasteiger partial charge in [-0.3, -0.25) is 4.52 Å². The van der Waals surface area contributed by atoms with Crippen LogP contribution < -0.4 is 14.9 Å². The highest BCUT2D eigenvalue weighted by Gasteiger charge is 2.55. The van der Waals surface area contributed by atoms with Crippen LogP contribution in [0.1, 0.15) is 40.5 Å². The maximum atomic E-state index is 12.3. The van der Waals surface area contributed by atoms with Crippen molar-refractivity contribution in [2.75, 3.05) is 37.8 Å². The maximum absolute atomic E-state index is 12.3. The van der Waals surface area contributed by atoms with Crippen molar-refractivity contribution in [2.45, 2.75) is 46.6 Å². The predicted octanol–water partition coefficient (Wildman–Crippen LogP) is 0.807. The Labute approximate surface area is 176 Å². The lowest BCUT2D eigenvalue weighted by atomic mass is 9.45. The number of carbonyl (C=O) groups is 1. The van der Waals surface area contributed by atoms with E-state index in [9.17, 15) is 9.90 Å². The third kappa shape index (κ3) is 3.79. The molecular weight excluding hydrogens is 390 g/mol. The normalized spacial score (nSPS) is 30.6. The Morgan fingerprint density at radius 1 is 1.37 bits per heavy atom. The van der Waals surface area contributed by atoms with Gasteiger partial charge in [-0.25, -0.2) is 4.79 Å². The first-order valence-corrected chi connectivity index (χ1v) is 10.8. The van der Waals surface area contributed by atoms with Crippen LogP contribution in [0.25, 0.3) is 0 Å². The minimum atomic E-state index is -0.638. The number of hydrogen-bond donors (Lipinski definition) is 0. The van der Waals surface area contributed by atoms with E-state index in [1.807, 2.05) is 5.01 Å². The van der Waals surface area contributed by atoms with Gasteiger partial charge in [0.2, 0.25) is 5.27 Å². The molecule has 4 aliphatic rings. The minimum absolute atomic E-state index is 0.0935. The number of aromatic nitrogens is 2. The number of nitrogens with zero attached hydrogens (tertiary/aromatic N) is 5. The van der Waals surface area contributed by atoms with Crippen molar-refractivity contribution < 1.29 is 28.7 Å². The Morgan fingerprint density at radius 3 is 2.73 bits per heavy atom. The van der Waals surface area contributed by atoms with E-state index in [1.54, 1.807) is 18.0 Å². The number of hydrogen-bond acceptors (Lipinski definition) is 8. The zero-order chi connectivity index (χ0) is 21.5. The predicted molar refractivity (Wildman–Crippen MR) is 104 cm³/mol. The maximum Gasteiger partial charge on any atom is 0.409 e. The van der Waals surface area contributed by atoms with Crippen LogP contribution in [0.2, 0.25) is 0 Å². The molecule has 10 nitrogen and oxygen atoms in total. The molecule has 0 spiro atoms. The van der Waals surface area contributed by atoms with Gasteiger partial charge in [0.25, 0.3) is 6.20 Å². The van der Waals surface area contributed by atoms with Crippen molar-refractivity contribution in [2.24, 2.45) is 28.2 Å². The Hall–Kier alpha value is -2.52. The molecule has 0 N–H and O–H groups in total. The molecule has 4 fully saturated rings. The lowest BCUT2D eigenvalue weighted by Gasteiger charge is -2.63. The number of fused-ring (bicyclic) bond motifs is 2. The summed E-state index contributed by atoms with van der Waals surface area (Å²) in [7, 11) is 0. The van der Waals surface area contributed by atoms with Crippen molar-refractivity contribution in [1.29, 1.82) is 0 Å². The largest absolute Gasteiger partial charge is 0.596 e. The highest BCUT2D eigenvalue weighted by Crippen LogP contribution is 2.61. The van der Waals surface area contributed by atoms with Gasteiger partial charge < -0.3 is 19.5 Å². The summed E-state index contributed by atoms with van der Waals surface area (Å²) < 4.78 is 15.8. The number of piperazine rings is 1. The molecule has 1 aliphatic heterocycles. The standard InChI is InChI=1S/C20H31N5O5/c1-5-28-19(27)23-6-8-24(9-7-23)25-12-17(30-22-25)21-18(26)29-16-11-14-10-15(13(16)2)20(14,3)4/h12-16H,5-11H2,1-4H3. The third-order valence-corrected chi connectivity index (χ3v) is 7.25. The van der Waals surface area contributed by atoms with Crippen LogP contribution in [0.15, 0.2) is 15.7 Å². The van der Waals surface area contributed by atoms with Gasteiger partial charge in [-0.2, -0.15) is 4.99 Å². The van der Waals surface area contributed by atoms with Gasteiger partial charge in [0.05, 0.1) is 24.5 Å². The molecule has 4 atom stereocenters. The Bertz CT molecular complexity index is 801. The molecule has 2 bridgehead atoms. The fourth-order valence-electron chi connectivity index (χ4n) is 5.21.